The largest absolute Gasteiger partial charge is 0.368 e. The first kappa shape index (κ1) is 13.4. The van der Waals surface area contributed by atoms with Crippen molar-refractivity contribution in [3.05, 3.63) is 24.2 Å². The zero-order chi connectivity index (χ0) is 14.2. The van der Waals surface area contributed by atoms with Crippen LogP contribution in [0.5, 0.6) is 0 Å². The number of anilines is 1. The Morgan fingerprint density at radius 3 is 2.80 bits per heavy atom. The lowest BCUT2D eigenvalue weighted by molar-refractivity contribution is 0.361. The van der Waals surface area contributed by atoms with Gasteiger partial charge in [0.2, 0.25) is 0 Å². The number of nitrogens with zero attached hydrogens (tertiary/aromatic N) is 3. The summed E-state index contributed by atoms with van der Waals surface area (Å²) in [7, 11) is 0. The molecule has 1 aliphatic rings. The van der Waals surface area contributed by atoms with E-state index in [1.54, 1.807) is 0 Å². The molecule has 1 fully saturated rings. The van der Waals surface area contributed by atoms with Gasteiger partial charge in [0.25, 0.3) is 0 Å². The summed E-state index contributed by atoms with van der Waals surface area (Å²) in [5.74, 6) is 1.40. The van der Waals surface area contributed by atoms with Gasteiger partial charge in [-0.1, -0.05) is 33.6 Å². The van der Waals surface area contributed by atoms with E-state index < -0.39 is 0 Å². The fourth-order valence-electron chi connectivity index (χ4n) is 3.06. The molecule has 1 saturated carbocycles. The lowest BCUT2D eigenvalue weighted by Gasteiger charge is -2.24. The average molecular weight is 272 g/mol. The van der Waals surface area contributed by atoms with Gasteiger partial charge in [-0.2, -0.15) is 5.10 Å². The molecule has 2 heterocycles. The van der Waals surface area contributed by atoms with Gasteiger partial charge < -0.3 is 5.32 Å². The molecule has 2 aromatic rings. The van der Waals surface area contributed by atoms with Crippen molar-refractivity contribution in [2.45, 2.75) is 52.4 Å². The molecule has 0 unspecified atom stereocenters. The molecule has 0 spiro atoms. The molecular formula is C16H24N4. The number of nitrogens with one attached hydrogen (secondary N) is 1. The molecule has 0 saturated heterocycles. The highest BCUT2D eigenvalue weighted by Crippen LogP contribution is 2.37. The van der Waals surface area contributed by atoms with E-state index in [4.69, 9.17) is 0 Å². The lowest BCUT2D eigenvalue weighted by atomic mass is 9.89. The Balaban J connectivity index is 1.83. The number of fused-ring (bicyclic) bond motifs is 1. The smallest absolute Gasteiger partial charge is 0.152 e. The normalized spacial score (nSPS) is 18.0. The van der Waals surface area contributed by atoms with Crippen LogP contribution in [0, 0.1) is 5.41 Å². The van der Waals surface area contributed by atoms with Crippen LogP contribution in [0.3, 0.4) is 0 Å². The third-order valence-corrected chi connectivity index (χ3v) is 4.49. The highest BCUT2D eigenvalue weighted by molar-refractivity contribution is 5.68. The summed E-state index contributed by atoms with van der Waals surface area (Å²) in [5, 5.41) is 8.16. The molecule has 0 aromatic carbocycles. The Labute approximate surface area is 120 Å². The minimum atomic E-state index is 0.426. The van der Waals surface area contributed by atoms with Gasteiger partial charge in [-0.15, -0.1) is 0 Å². The predicted octanol–water partition coefficient (Wildman–Crippen LogP) is 3.84. The zero-order valence-electron chi connectivity index (χ0n) is 12.7. The molecule has 0 bridgehead atoms. The van der Waals surface area contributed by atoms with Gasteiger partial charge in [0.05, 0.1) is 5.69 Å². The first-order valence-electron chi connectivity index (χ1n) is 7.66. The van der Waals surface area contributed by atoms with Gasteiger partial charge in [0, 0.05) is 18.9 Å². The highest BCUT2D eigenvalue weighted by Gasteiger charge is 2.28. The van der Waals surface area contributed by atoms with E-state index in [0.717, 1.165) is 23.6 Å². The van der Waals surface area contributed by atoms with Crippen molar-refractivity contribution in [3.8, 4) is 0 Å². The molecule has 108 valence electrons. The summed E-state index contributed by atoms with van der Waals surface area (Å²) < 4.78 is 1.93. The second-order valence-corrected chi connectivity index (χ2v) is 6.70. The van der Waals surface area contributed by atoms with Crippen LogP contribution < -0.4 is 5.32 Å². The van der Waals surface area contributed by atoms with E-state index in [1.807, 2.05) is 16.9 Å². The molecule has 1 aliphatic carbocycles. The number of hydrogen-bond acceptors (Lipinski definition) is 3. The molecule has 0 amide bonds. The first-order valence-corrected chi connectivity index (χ1v) is 7.66. The first-order chi connectivity index (χ1) is 9.57. The van der Waals surface area contributed by atoms with E-state index in [2.05, 4.69) is 42.2 Å². The Bertz CT molecular complexity index is 594. The van der Waals surface area contributed by atoms with Gasteiger partial charge >= 0.3 is 0 Å². The molecular weight excluding hydrogens is 248 g/mol. The van der Waals surface area contributed by atoms with Crippen molar-refractivity contribution in [3.63, 3.8) is 0 Å². The summed E-state index contributed by atoms with van der Waals surface area (Å²) >= 11 is 0. The van der Waals surface area contributed by atoms with Crippen LogP contribution in [-0.2, 0) is 0 Å². The van der Waals surface area contributed by atoms with E-state index in [9.17, 15) is 0 Å². The van der Waals surface area contributed by atoms with Gasteiger partial charge in [0.15, 0.2) is 5.82 Å². The van der Waals surface area contributed by atoms with Crippen LogP contribution >= 0.6 is 0 Å². The van der Waals surface area contributed by atoms with Crippen molar-refractivity contribution in [2.75, 3.05) is 11.9 Å². The lowest BCUT2D eigenvalue weighted by Crippen LogP contribution is -2.23. The molecule has 20 heavy (non-hydrogen) atoms. The quantitative estimate of drug-likeness (QED) is 0.919. The monoisotopic (exact) mass is 272 g/mol. The van der Waals surface area contributed by atoms with Crippen molar-refractivity contribution < 1.29 is 0 Å². The van der Waals surface area contributed by atoms with Crippen molar-refractivity contribution in [1.82, 2.24) is 14.6 Å². The molecule has 4 heteroatoms. The van der Waals surface area contributed by atoms with E-state index in [-0.39, 0.29) is 0 Å². The van der Waals surface area contributed by atoms with Crippen LogP contribution in [0.15, 0.2) is 18.5 Å². The molecule has 0 radical (unpaired) electrons. The Kier molecular flexibility index (Phi) is 3.40. The molecule has 1 N–H and O–H groups in total. The maximum atomic E-state index is 4.61. The summed E-state index contributed by atoms with van der Waals surface area (Å²) in [6.45, 7) is 7.72. The zero-order valence-corrected chi connectivity index (χ0v) is 12.7. The Morgan fingerprint density at radius 1 is 1.35 bits per heavy atom. The summed E-state index contributed by atoms with van der Waals surface area (Å²) in [5.41, 5.74) is 2.63. The van der Waals surface area contributed by atoms with Crippen LogP contribution in [0.2, 0.25) is 0 Å². The average Bonchev–Trinajstić information content (AvgIpc) is 3.03. The number of aromatic nitrogens is 3. The molecule has 0 atom stereocenters. The van der Waals surface area contributed by atoms with Crippen molar-refractivity contribution in [2.24, 2.45) is 5.41 Å². The van der Waals surface area contributed by atoms with E-state index in [0.29, 0.717) is 11.3 Å². The maximum absolute atomic E-state index is 4.61. The molecule has 3 rings (SSSR count). The fraction of sp³-hybridized carbons (Fsp3) is 0.625. The molecule has 2 aromatic heterocycles. The van der Waals surface area contributed by atoms with Gasteiger partial charge in [0.1, 0.15) is 5.52 Å². The predicted molar refractivity (Wildman–Crippen MR) is 82.1 cm³/mol. The topological polar surface area (TPSA) is 42.2 Å². The van der Waals surface area contributed by atoms with Crippen LogP contribution in [0.1, 0.15) is 58.1 Å². The maximum Gasteiger partial charge on any atom is 0.152 e. The third-order valence-electron chi connectivity index (χ3n) is 4.49. The van der Waals surface area contributed by atoms with E-state index >= 15 is 0 Å². The van der Waals surface area contributed by atoms with Gasteiger partial charge in [-0.25, -0.2) is 9.50 Å². The minimum absolute atomic E-state index is 0.426. The standard InChI is InChI=1S/C16H24N4/c1-12(2)13-10-14-15(17-8-9-20(14)19-13)18-11-16(3)6-4-5-7-16/h8-10,12H,4-7,11H2,1-3H3,(H,17,18). The second kappa shape index (κ2) is 5.08. The van der Waals surface area contributed by atoms with Crippen molar-refractivity contribution in [1.29, 1.82) is 0 Å². The van der Waals surface area contributed by atoms with Crippen LogP contribution in [0.25, 0.3) is 5.52 Å². The number of hydrogen-bond donors (Lipinski definition) is 1. The van der Waals surface area contributed by atoms with Crippen LogP contribution in [0.4, 0.5) is 5.82 Å². The SMILES string of the molecule is CC(C)c1cc2c(NCC3(C)CCCC3)nccn2n1. The summed E-state index contributed by atoms with van der Waals surface area (Å²) in [6, 6.07) is 2.15. The molecule has 0 aliphatic heterocycles. The second-order valence-electron chi connectivity index (χ2n) is 6.70. The van der Waals surface area contributed by atoms with Gasteiger partial charge in [-0.05, 0) is 30.2 Å². The third kappa shape index (κ3) is 2.51. The Morgan fingerprint density at radius 2 is 2.10 bits per heavy atom. The van der Waals surface area contributed by atoms with Crippen LogP contribution in [-0.4, -0.2) is 21.1 Å². The fourth-order valence-corrected chi connectivity index (χ4v) is 3.06. The minimum Gasteiger partial charge on any atom is -0.368 e. The van der Waals surface area contributed by atoms with E-state index in [1.165, 1.54) is 25.7 Å². The van der Waals surface area contributed by atoms with Gasteiger partial charge in [-0.3, -0.25) is 0 Å². The molecule has 4 nitrogen and oxygen atoms in total. The summed E-state index contributed by atoms with van der Waals surface area (Å²) in [6.07, 6.45) is 9.10. The summed E-state index contributed by atoms with van der Waals surface area (Å²) in [4.78, 5) is 4.50. The highest BCUT2D eigenvalue weighted by atomic mass is 15.2. The Hall–Kier alpha value is -1.58. The van der Waals surface area contributed by atoms with Crippen molar-refractivity contribution >= 4 is 11.3 Å². The number of rotatable bonds is 4.